The molecule has 0 amide bonds. The number of hydrogen-bond donors (Lipinski definition) is 2. The normalized spacial score (nSPS) is 25.1. The molecule has 1 aromatic rings. The average Bonchev–Trinajstić information content (AvgIpc) is 2.76. The number of aromatic nitrogens is 1. The molecule has 1 saturated carbocycles. The molecule has 3 heteroatoms. The van der Waals surface area contributed by atoms with E-state index in [0.717, 1.165) is 13.1 Å². The predicted molar refractivity (Wildman–Crippen MR) is 69.7 cm³/mol. The molecule has 0 aliphatic heterocycles. The van der Waals surface area contributed by atoms with E-state index in [9.17, 15) is 5.11 Å². The van der Waals surface area contributed by atoms with E-state index in [1.54, 1.807) is 0 Å². The van der Waals surface area contributed by atoms with Crippen LogP contribution in [0.4, 0.5) is 0 Å². The minimum Gasteiger partial charge on any atom is -0.396 e. The molecule has 0 spiro atoms. The fourth-order valence-electron chi connectivity index (χ4n) is 2.86. The maximum atomic E-state index is 9.35. The Labute approximate surface area is 104 Å². The van der Waals surface area contributed by atoms with Crippen molar-refractivity contribution in [3.63, 3.8) is 0 Å². The number of nitrogens with one attached hydrogen (secondary N) is 1. The lowest BCUT2D eigenvalue weighted by Gasteiger charge is -2.30. The summed E-state index contributed by atoms with van der Waals surface area (Å²) in [5.41, 5.74) is 1.34. The Morgan fingerprint density at radius 3 is 2.76 bits per heavy atom. The van der Waals surface area contributed by atoms with Crippen LogP contribution in [0.1, 0.15) is 31.2 Å². The van der Waals surface area contributed by atoms with Crippen LogP contribution in [0.25, 0.3) is 0 Å². The first-order chi connectivity index (χ1) is 8.29. The van der Waals surface area contributed by atoms with Crippen LogP contribution >= 0.6 is 0 Å². The summed E-state index contributed by atoms with van der Waals surface area (Å²) in [6.45, 7) is 2.34. The van der Waals surface area contributed by atoms with E-state index in [2.05, 4.69) is 28.3 Å². The van der Waals surface area contributed by atoms with Gasteiger partial charge in [0.25, 0.3) is 0 Å². The summed E-state index contributed by atoms with van der Waals surface area (Å²) in [7, 11) is 2.05. The molecule has 0 bridgehead atoms. The quantitative estimate of drug-likeness (QED) is 0.819. The summed E-state index contributed by atoms with van der Waals surface area (Å²) >= 11 is 0. The predicted octanol–water partition coefficient (Wildman–Crippen LogP) is 1.91. The number of rotatable bonds is 5. The number of nitrogens with zero attached hydrogens (tertiary/aromatic N) is 1. The number of aryl methyl sites for hydroxylation is 1. The molecule has 1 aromatic heterocycles. The molecule has 2 unspecified atom stereocenters. The van der Waals surface area contributed by atoms with Gasteiger partial charge in [-0.05, 0) is 42.9 Å². The zero-order valence-electron chi connectivity index (χ0n) is 10.7. The van der Waals surface area contributed by atoms with Crippen molar-refractivity contribution in [2.45, 2.75) is 32.2 Å². The number of aliphatic hydroxyl groups excluding tert-OH is 1. The fraction of sp³-hybridized carbons (Fsp3) is 0.714. The minimum absolute atomic E-state index is 0.359. The zero-order valence-corrected chi connectivity index (χ0v) is 10.7. The van der Waals surface area contributed by atoms with E-state index in [1.165, 1.54) is 31.2 Å². The summed E-state index contributed by atoms with van der Waals surface area (Å²) in [6, 6.07) is 2.15. The van der Waals surface area contributed by atoms with Crippen molar-refractivity contribution in [2.75, 3.05) is 13.2 Å². The molecular formula is C14H24N2O. The van der Waals surface area contributed by atoms with E-state index in [0.29, 0.717) is 18.4 Å². The van der Waals surface area contributed by atoms with Crippen LogP contribution in [-0.4, -0.2) is 22.8 Å². The maximum Gasteiger partial charge on any atom is 0.0462 e. The molecule has 1 aliphatic rings. The fourth-order valence-corrected chi connectivity index (χ4v) is 2.86. The van der Waals surface area contributed by atoms with Gasteiger partial charge in [0, 0.05) is 32.6 Å². The Kier molecular flexibility index (Phi) is 4.63. The second-order valence-electron chi connectivity index (χ2n) is 5.30. The first kappa shape index (κ1) is 12.7. The molecule has 0 saturated heterocycles. The van der Waals surface area contributed by atoms with Crippen LogP contribution in [0.2, 0.25) is 0 Å². The van der Waals surface area contributed by atoms with Gasteiger partial charge in [0.2, 0.25) is 0 Å². The van der Waals surface area contributed by atoms with E-state index in [-0.39, 0.29) is 0 Å². The highest BCUT2D eigenvalue weighted by atomic mass is 16.3. The summed E-state index contributed by atoms with van der Waals surface area (Å²) < 4.78 is 2.08. The van der Waals surface area contributed by atoms with Crippen molar-refractivity contribution < 1.29 is 5.11 Å². The van der Waals surface area contributed by atoms with Gasteiger partial charge in [-0.1, -0.05) is 12.8 Å². The lowest BCUT2D eigenvalue weighted by molar-refractivity contribution is 0.133. The highest BCUT2D eigenvalue weighted by Gasteiger charge is 2.23. The van der Waals surface area contributed by atoms with Crippen LogP contribution in [-0.2, 0) is 13.6 Å². The zero-order chi connectivity index (χ0) is 12.1. The molecule has 0 radical (unpaired) electrons. The van der Waals surface area contributed by atoms with E-state index in [4.69, 9.17) is 0 Å². The lowest BCUT2D eigenvalue weighted by atomic mass is 9.79. The van der Waals surface area contributed by atoms with E-state index < -0.39 is 0 Å². The highest BCUT2D eigenvalue weighted by Crippen LogP contribution is 2.29. The first-order valence-corrected chi connectivity index (χ1v) is 6.72. The Bertz CT molecular complexity index is 335. The maximum absolute atomic E-state index is 9.35. The van der Waals surface area contributed by atoms with Gasteiger partial charge < -0.3 is 15.0 Å². The molecule has 1 heterocycles. The van der Waals surface area contributed by atoms with Crippen LogP contribution in [0, 0.1) is 11.8 Å². The van der Waals surface area contributed by atoms with Gasteiger partial charge in [-0.15, -0.1) is 0 Å². The van der Waals surface area contributed by atoms with Crippen LogP contribution in [0.5, 0.6) is 0 Å². The molecule has 3 nitrogen and oxygen atoms in total. The molecule has 2 rings (SSSR count). The van der Waals surface area contributed by atoms with Gasteiger partial charge in [-0.3, -0.25) is 0 Å². The van der Waals surface area contributed by atoms with Gasteiger partial charge in [0.1, 0.15) is 0 Å². The Morgan fingerprint density at radius 1 is 1.35 bits per heavy atom. The van der Waals surface area contributed by atoms with Crippen molar-refractivity contribution in [1.29, 1.82) is 0 Å². The molecule has 17 heavy (non-hydrogen) atoms. The first-order valence-electron chi connectivity index (χ1n) is 6.72. The SMILES string of the molecule is Cn1ccc(CNCC2CCCCC2CO)c1. The van der Waals surface area contributed by atoms with E-state index in [1.807, 2.05) is 7.05 Å². The van der Waals surface area contributed by atoms with Crippen molar-refractivity contribution in [1.82, 2.24) is 9.88 Å². The summed E-state index contributed by atoms with van der Waals surface area (Å²) in [6.07, 6.45) is 9.32. The highest BCUT2D eigenvalue weighted by molar-refractivity contribution is 5.09. The van der Waals surface area contributed by atoms with Gasteiger partial charge in [0.15, 0.2) is 0 Å². The second kappa shape index (κ2) is 6.22. The van der Waals surface area contributed by atoms with Crippen molar-refractivity contribution in [3.05, 3.63) is 24.0 Å². The largest absolute Gasteiger partial charge is 0.396 e. The van der Waals surface area contributed by atoms with Crippen molar-refractivity contribution >= 4 is 0 Å². The lowest BCUT2D eigenvalue weighted by Crippen LogP contribution is -2.32. The molecule has 0 aromatic carbocycles. The Morgan fingerprint density at radius 2 is 2.12 bits per heavy atom. The molecule has 2 N–H and O–H groups in total. The molecule has 96 valence electrons. The third kappa shape index (κ3) is 3.58. The molecule has 2 atom stereocenters. The van der Waals surface area contributed by atoms with Crippen LogP contribution < -0.4 is 5.32 Å². The van der Waals surface area contributed by atoms with Gasteiger partial charge in [-0.25, -0.2) is 0 Å². The standard InChI is InChI=1S/C14H24N2O/c1-16-7-6-12(10-16)8-15-9-13-4-2-3-5-14(13)11-17/h6-7,10,13-15,17H,2-5,8-9,11H2,1H3. The van der Waals surface area contributed by atoms with E-state index >= 15 is 0 Å². The van der Waals surface area contributed by atoms with Gasteiger partial charge in [-0.2, -0.15) is 0 Å². The van der Waals surface area contributed by atoms with Gasteiger partial charge >= 0.3 is 0 Å². The number of hydrogen-bond acceptors (Lipinski definition) is 2. The minimum atomic E-state index is 0.359. The smallest absolute Gasteiger partial charge is 0.0462 e. The molecule has 1 fully saturated rings. The summed E-state index contributed by atoms with van der Waals surface area (Å²) in [5.74, 6) is 1.18. The monoisotopic (exact) mass is 236 g/mol. The summed E-state index contributed by atoms with van der Waals surface area (Å²) in [5, 5.41) is 12.9. The third-order valence-corrected chi connectivity index (χ3v) is 3.93. The third-order valence-electron chi connectivity index (χ3n) is 3.93. The van der Waals surface area contributed by atoms with Crippen LogP contribution in [0.3, 0.4) is 0 Å². The molecule has 1 aliphatic carbocycles. The average molecular weight is 236 g/mol. The van der Waals surface area contributed by atoms with Crippen molar-refractivity contribution in [2.24, 2.45) is 18.9 Å². The van der Waals surface area contributed by atoms with Crippen molar-refractivity contribution in [3.8, 4) is 0 Å². The number of aliphatic hydroxyl groups is 1. The Hall–Kier alpha value is -0.800. The summed E-state index contributed by atoms with van der Waals surface area (Å²) in [4.78, 5) is 0. The van der Waals surface area contributed by atoms with Gasteiger partial charge in [0.05, 0.1) is 0 Å². The topological polar surface area (TPSA) is 37.2 Å². The molecular weight excluding hydrogens is 212 g/mol. The Balaban J connectivity index is 1.73. The second-order valence-corrected chi connectivity index (χ2v) is 5.30. The van der Waals surface area contributed by atoms with Crippen LogP contribution in [0.15, 0.2) is 18.5 Å².